The van der Waals surface area contributed by atoms with Crippen LogP contribution in [0.25, 0.3) is 0 Å². The number of amides is 1. The number of nitrogens with zero attached hydrogens (tertiary/aromatic N) is 1. The lowest BCUT2D eigenvalue weighted by molar-refractivity contribution is -0.128. The van der Waals surface area contributed by atoms with E-state index < -0.39 is 0 Å². The van der Waals surface area contributed by atoms with E-state index in [-0.39, 0.29) is 5.91 Å². The van der Waals surface area contributed by atoms with Crippen LogP contribution in [0.2, 0.25) is 0 Å². The second kappa shape index (κ2) is 4.96. The second-order valence-corrected chi connectivity index (χ2v) is 4.22. The molecule has 2 nitrogen and oxygen atoms in total. The van der Waals surface area contributed by atoms with Crippen molar-refractivity contribution in [3.8, 4) is 0 Å². The Labute approximate surface area is 91.9 Å². The van der Waals surface area contributed by atoms with Crippen molar-refractivity contribution in [1.82, 2.24) is 4.90 Å². The minimum atomic E-state index is 0.190. The van der Waals surface area contributed by atoms with Crippen LogP contribution in [0.1, 0.15) is 23.1 Å². The van der Waals surface area contributed by atoms with Crippen molar-refractivity contribution in [1.29, 1.82) is 0 Å². The highest BCUT2D eigenvalue weighted by atomic mass is 16.2. The van der Waals surface area contributed by atoms with Gasteiger partial charge in [-0.3, -0.25) is 4.79 Å². The molecule has 0 aliphatic heterocycles. The molecule has 0 spiro atoms. The summed E-state index contributed by atoms with van der Waals surface area (Å²) in [6.07, 6.45) is 1.43. The molecule has 1 aromatic carbocycles. The van der Waals surface area contributed by atoms with Crippen LogP contribution in [0.4, 0.5) is 0 Å². The summed E-state index contributed by atoms with van der Waals surface area (Å²) in [5, 5.41) is 0. The van der Waals surface area contributed by atoms with Gasteiger partial charge in [-0.25, -0.2) is 0 Å². The maximum Gasteiger partial charge on any atom is 0.222 e. The van der Waals surface area contributed by atoms with E-state index in [1.165, 1.54) is 16.7 Å². The van der Waals surface area contributed by atoms with Crippen molar-refractivity contribution in [2.75, 3.05) is 14.1 Å². The van der Waals surface area contributed by atoms with Crippen LogP contribution in [0.3, 0.4) is 0 Å². The maximum absolute atomic E-state index is 11.4. The Morgan fingerprint density at radius 3 is 2.47 bits per heavy atom. The summed E-state index contributed by atoms with van der Waals surface area (Å²) in [7, 11) is 3.59. The molecule has 2 heteroatoms. The van der Waals surface area contributed by atoms with Gasteiger partial charge in [0.15, 0.2) is 0 Å². The topological polar surface area (TPSA) is 20.3 Å². The summed E-state index contributed by atoms with van der Waals surface area (Å²) in [4.78, 5) is 13.1. The van der Waals surface area contributed by atoms with Crippen molar-refractivity contribution < 1.29 is 4.79 Å². The predicted octanol–water partition coefficient (Wildman–Crippen LogP) is 2.32. The molecule has 15 heavy (non-hydrogen) atoms. The van der Waals surface area contributed by atoms with Crippen molar-refractivity contribution in [3.63, 3.8) is 0 Å². The normalized spacial score (nSPS) is 10.1. The Morgan fingerprint density at radius 2 is 1.93 bits per heavy atom. The summed E-state index contributed by atoms with van der Waals surface area (Å²) in [6, 6.07) is 6.38. The number of rotatable bonds is 3. The van der Waals surface area contributed by atoms with Crippen molar-refractivity contribution in [2.45, 2.75) is 26.7 Å². The minimum Gasteiger partial charge on any atom is -0.349 e. The van der Waals surface area contributed by atoms with Gasteiger partial charge in [-0.1, -0.05) is 23.8 Å². The first-order chi connectivity index (χ1) is 7.00. The third-order valence-corrected chi connectivity index (χ3v) is 2.61. The van der Waals surface area contributed by atoms with E-state index in [4.69, 9.17) is 0 Å². The average Bonchev–Trinajstić information content (AvgIpc) is 2.15. The lowest BCUT2D eigenvalue weighted by atomic mass is 10.0. The maximum atomic E-state index is 11.4. The Hall–Kier alpha value is -1.31. The summed E-state index contributed by atoms with van der Waals surface area (Å²) in [5.41, 5.74) is 3.83. The van der Waals surface area contributed by atoms with Crippen LogP contribution < -0.4 is 0 Å². The summed E-state index contributed by atoms with van der Waals surface area (Å²) in [6.45, 7) is 4.18. The molecular formula is C13H19NO. The fraction of sp³-hybridized carbons (Fsp3) is 0.462. The van der Waals surface area contributed by atoms with Gasteiger partial charge in [0.25, 0.3) is 0 Å². The van der Waals surface area contributed by atoms with Gasteiger partial charge >= 0.3 is 0 Å². The molecule has 0 aromatic heterocycles. The van der Waals surface area contributed by atoms with Gasteiger partial charge in [0.05, 0.1) is 0 Å². The highest BCUT2D eigenvalue weighted by molar-refractivity contribution is 5.75. The fourth-order valence-electron chi connectivity index (χ4n) is 1.59. The molecule has 0 aliphatic rings. The molecule has 0 unspecified atom stereocenters. The number of carbonyl (C=O) groups excluding carboxylic acids is 1. The number of benzene rings is 1. The number of aryl methyl sites for hydroxylation is 3. The van der Waals surface area contributed by atoms with E-state index >= 15 is 0 Å². The summed E-state index contributed by atoms with van der Waals surface area (Å²) in [5.74, 6) is 0.190. The van der Waals surface area contributed by atoms with Gasteiger partial charge < -0.3 is 4.90 Å². The van der Waals surface area contributed by atoms with Crippen LogP contribution in [-0.4, -0.2) is 24.9 Å². The first-order valence-corrected chi connectivity index (χ1v) is 5.27. The second-order valence-electron chi connectivity index (χ2n) is 4.22. The van der Waals surface area contributed by atoms with E-state index in [0.29, 0.717) is 6.42 Å². The molecular weight excluding hydrogens is 186 g/mol. The Kier molecular flexibility index (Phi) is 3.89. The van der Waals surface area contributed by atoms with E-state index in [1.807, 2.05) is 0 Å². The molecule has 0 heterocycles. The van der Waals surface area contributed by atoms with E-state index in [9.17, 15) is 4.79 Å². The van der Waals surface area contributed by atoms with Gasteiger partial charge in [-0.2, -0.15) is 0 Å². The number of carbonyl (C=O) groups is 1. The number of hydrogen-bond acceptors (Lipinski definition) is 1. The zero-order chi connectivity index (χ0) is 11.4. The highest BCUT2D eigenvalue weighted by Crippen LogP contribution is 2.12. The Bertz CT molecular complexity index is 356. The Morgan fingerprint density at radius 1 is 1.27 bits per heavy atom. The predicted molar refractivity (Wildman–Crippen MR) is 62.9 cm³/mol. The van der Waals surface area contributed by atoms with Crippen LogP contribution in [-0.2, 0) is 11.2 Å². The smallest absolute Gasteiger partial charge is 0.222 e. The third kappa shape index (κ3) is 3.39. The zero-order valence-corrected chi connectivity index (χ0v) is 10.0. The van der Waals surface area contributed by atoms with E-state index in [1.54, 1.807) is 19.0 Å². The van der Waals surface area contributed by atoms with Crippen molar-refractivity contribution >= 4 is 5.91 Å². The van der Waals surface area contributed by atoms with Crippen LogP contribution >= 0.6 is 0 Å². The van der Waals surface area contributed by atoms with Crippen molar-refractivity contribution in [3.05, 3.63) is 34.9 Å². The monoisotopic (exact) mass is 205 g/mol. The average molecular weight is 205 g/mol. The van der Waals surface area contributed by atoms with Crippen LogP contribution in [0.15, 0.2) is 18.2 Å². The van der Waals surface area contributed by atoms with Crippen LogP contribution in [0.5, 0.6) is 0 Å². The molecule has 0 atom stereocenters. The van der Waals surface area contributed by atoms with Gasteiger partial charge in [0.1, 0.15) is 0 Å². The Balaban J connectivity index is 2.62. The third-order valence-electron chi connectivity index (χ3n) is 2.61. The fourth-order valence-corrected chi connectivity index (χ4v) is 1.59. The molecule has 0 aliphatic carbocycles. The van der Waals surface area contributed by atoms with Gasteiger partial charge in [-0.05, 0) is 31.4 Å². The first kappa shape index (κ1) is 11.8. The van der Waals surface area contributed by atoms with Gasteiger partial charge in [0, 0.05) is 20.5 Å². The molecule has 1 rings (SSSR count). The van der Waals surface area contributed by atoms with Gasteiger partial charge in [0.2, 0.25) is 5.91 Å². The molecule has 0 radical (unpaired) electrons. The standard InChI is InChI=1S/C13H19NO/c1-10-5-6-12(11(2)9-10)7-8-13(15)14(3)4/h5-6,9H,7-8H2,1-4H3. The quantitative estimate of drug-likeness (QED) is 0.741. The SMILES string of the molecule is Cc1ccc(CCC(=O)N(C)C)c(C)c1. The largest absolute Gasteiger partial charge is 0.349 e. The first-order valence-electron chi connectivity index (χ1n) is 5.27. The minimum absolute atomic E-state index is 0.190. The summed E-state index contributed by atoms with van der Waals surface area (Å²) >= 11 is 0. The molecule has 0 N–H and O–H groups in total. The molecule has 1 amide bonds. The van der Waals surface area contributed by atoms with E-state index in [2.05, 4.69) is 32.0 Å². The lowest BCUT2D eigenvalue weighted by Crippen LogP contribution is -2.21. The van der Waals surface area contributed by atoms with Crippen molar-refractivity contribution in [2.24, 2.45) is 0 Å². The number of hydrogen-bond donors (Lipinski definition) is 0. The molecule has 0 bridgehead atoms. The molecule has 0 fully saturated rings. The lowest BCUT2D eigenvalue weighted by Gasteiger charge is -2.11. The van der Waals surface area contributed by atoms with E-state index in [0.717, 1.165) is 6.42 Å². The molecule has 0 saturated heterocycles. The highest BCUT2D eigenvalue weighted by Gasteiger charge is 2.05. The van der Waals surface area contributed by atoms with Gasteiger partial charge in [-0.15, -0.1) is 0 Å². The molecule has 0 saturated carbocycles. The summed E-state index contributed by atoms with van der Waals surface area (Å²) < 4.78 is 0. The van der Waals surface area contributed by atoms with Crippen LogP contribution in [0, 0.1) is 13.8 Å². The molecule has 82 valence electrons. The molecule has 1 aromatic rings. The zero-order valence-electron chi connectivity index (χ0n) is 10.0.